The second-order valence-corrected chi connectivity index (χ2v) is 9.79. The van der Waals surface area contributed by atoms with Gasteiger partial charge in [-0.3, -0.25) is 8.98 Å². The summed E-state index contributed by atoms with van der Waals surface area (Å²) in [6, 6.07) is 1.91. The van der Waals surface area contributed by atoms with Gasteiger partial charge in [0.1, 0.15) is 18.3 Å². The van der Waals surface area contributed by atoms with Gasteiger partial charge in [0.15, 0.2) is 4.67 Å². The number of nitrogens with two attached hydrogens (primary N) is 1. The van der Waals surface area contributed by atoms with E-state index in [0.717, 1.165) is 0 Å². The molecule has 5 atom stereocenters. The molecule has 12 nitrogen and oxygen atoms in total. The fourth-order valence-corrected chi connectivity index (χ4v) is 4.04. The second-order valence-electron chi connectivity index (χ2n) is 7.66. The van der Waals surface area contributed by atoms with E-state index in [-0.39, 0.29) is 31.1 Å². The Morgan fingerprint density at radius 3 is 2.50 bits per heavy atom. The average molecular weight is 543 g/mol. The maximum atomic E-state index is 12.0. The molecule has 0 saturated carbocycles. The number of nitrogens with one attached hydrogen (secondary N) is 1. The molecular formula is C18H27BrN2O10S. The van der Waals surface area contributed by atoms with Crippen molar-refractivity contribution in [2.75, 3.05) is 13.2 Å². The number of aliphatic hydroxyl groups excluding tert-OH is 2. The van der Waals surface area contributed by atoms with Crippen LogP contribution >= 0.6 is 15.9 Å². The Kier molecular flexibility index (Phi) is 9.63. The lowest BCUT2D eigenvalue weighted by Crippen LogP contribution is -2.45. The number of aliphatic hydroxyl groups is 2. The summed E-state index contributed by atoms with van der Waals surface area (Å²) in [5.74, 6) is -1.58. The molecule has 2 heterocycles. The molecule has 1 fully saturated rings. The lowest BCUT2D eigenvalue weighted by molar-refractivity contribution is -0.121. The number of furan rings is 1. The maximum absolute atomic E-state index is 12.0. The molecule has 1 aromatic rings. The molecule has 32 heavy (non-hydrogen) atoms. The molecule has 1 aromatic heterocycles. The van der Waals surface area contributed by atoms with E-state index < -0.39 is 59.2 Å². The Hall–Kier alpha value is -1.55. The minimum absolute atomic E-state index is 0.0172. The first-order valence-electron chi connectivity index (χ1n) is 9.80. The van der Waals surface area contributed by atoms with Crippen LogP contribution in [0.15, 0.2) is 21.2 Å². The summed E-state index contributed by atoms with van der Waals surface area (Å²) in [6.45, 7) is 2.85. The summed E-state index contributed by atoms with van der Waals surface area (Å²) < 4.78 is 46.2. The predicted molar refractivity (Wildman–Crippen MR) is 112 cm³/mol. The highest BCUT2D eigenvalue weighted by molar-refractivity contribution is 9.10. The molecule has 0 aliphatic carbocycles. The maximum Gasteiger partial charge on any atom is 0.374 e. The Balaban J connectivity index is 1.79. The van der Waals surface area contributed by atoms with Gasteiger partial charge in [-0.25, -0.2) is 9.52 Å². The summed E-state index contributed by atoms with van der Waals surface area (Å²) in [4.78, 5) is 23.7. The van der Waals surface area contributed by atoms with Crippen molar-refractivity contribution < 1.29 is 46.3 Å². The van der Waals surface area contributed by atoms with Crippen molar-refractivity contribution in [3.63, 3.8) is 0 Å². The van der Waals surface area contributed by atoms with Crippen LogP contribution in [-0.2, 0) is 28.8 Å². The van der Waals surface area contributed by atoms with Crippen LogP contribution in [0, 0.1) is 5.92 Å². The monoisotopic (exact) mass is 542 g/mol. The molecule has 0 spiro atoms. The smallest absolute Gasteiger partial charge is 0.374 e. The van der Waals surface area contributed by atoms with Crippen LogP contribution in [0.3, 0.4) is 0 Å². The van der Waals surface area contributed by atoms with E-state index in [0.29, 0.717) is 4.67 Å². The standard InChI is InChI=1S/C18H27BrN2O10S/c1-9(2)7-10(20)17(24)21-32(26,27)29-8-13-16(23)15(22)11(30-13)5-6-28-18(25)12-3-4-14(19)31-12/h3-4,9-11,13,15-16,22-23H,5-8,20H2,1-2H3,(H,21,24). The van der Waals surface area contributed by atoms with Crippen molar-refractivity contribution in [3.05, 3.63) is 22.6 Å². The van der Waals surface area contributed by atoms with Gasteiger partial charge in [-0.1, -0.05) is 13.8 Å². The summed E-state index contributed by atoms with van der Waals surface area (Å²) in [7, 11) is -4.50. The number of rotatable bonds is 11. The molecule has 5 N–H and O–H groups in total. The number of hydrogen-bond donors (Lipinski definition) is 4. The van der Waals surface area contributed by atoms with Gasteiger partial charge in [0.05, 0.1) is 25.4 Å². The van der Waals surface area contributed by atoms with E-state index in [1.54, 1.807) is 4.72 Å². The molecule has 1 aliphatic rings. The zero-order valence-electron chi connectivity index (χ0n) is 17.5. The third-order valence-electron chi connectivity index (χ3n) is 4.55. The van der Waals surface area contributed by atoms with E-state index in [1.165, 1.54) is 12.1 Å². The fraction of sp³-hybridized carbons (Fsp3) is 0.667. The average Bonchev–Trinajstić information content (AvgIpc) is 3.24. The van der Waals surface area contributed by atoms with E-state index in [9.17, 15) is 28.2 Å². The second kappa shape index (κ2) is 11.5. The highest BCUT2D eigenvalue weighted by atomic mass is 79.9. The van der Waals surface area contributed by atoms with Crippen LogP contribution in [0.5, 0.6) is 0 Å². The van der Waals surface area contributed by atoms with Gasteiger partial charge in [0.2, 0.25) is 5.76 Å². The van der Waals surface area contributed by atoms with Crippen molar-refractivity contribution in [3.8, 4) is 0 Å². The van der Waals surface area contributed by atoms with Crippen LogP contribution in [0.4, 0.5) is 0 Å². The molecule has 2 rings (SSSR count). The first-order valence-corrected chi connectivity index (χ1v) is 12.0. The molecule has 1 aliphatic heterocycles. The van der Waals surface area contributed by atoms with Gasteiger partial charge in [-0.2, -0.15) is 8.42 Å². The molecule has 0 radical (unpaired) electrons. The molecule has 0 bridgehead atoms. The van der Waals surface area contributed by atoms with Crippen molar-refractivity contribution in [1.82, 2.24) is 4.72 Å². The molecule has 1 amide bonds. The Labute approximate surface area is 193 Å². The number of ether oxygens (including phenoxy) is 2. The third-order valence-corrected chi connectivity index (χ3v) is 5.87. The van der Waals surface area contributed by atoms with Crippen LogP contribution in [0.1, 0.15) is 37.2 Å². The lowest BCUT2D eigenvalue weighted by atomic mass is 10.0. The van der Waals surface area contributed by atoms with E-state index in [2.05, 4.69) is 15.9 Å². The SMILES string of the molecule is CC(C)CC(N)C(=O)NS(=O)(=O)OCC1OC(CCOC(=O)c2ccc(Br)o2)C(O)C1O. The molecule has 14 heteroatoms. The highest BCUT2D eigenvalue weighted by Gasteiger charge is 2.43. The van der Waals surface area contributed by atoms with Crippen LogP contribution in [-0.4, -0.2) is 74.2 Å². The van der Waals surface area contributed by atoms with Gasteiger partial charge < -0.3 is 29.8 Å². The zero-order valence-corrected chi connectivity index (χ0v) is 19.9. The summed E-state index contributed by atoms with van der Waals surface area (Å²) >= 11 is 3.06. The van der Waals surface area contributed by atoms with Gasteiger partial charge in [0, 0.05) is 6.42 Å². The summed E-state index contributed by atoms with van der Waals surface area (Å²) in [6.07, 6.45) is -4.64. The minimum Gasteiger partial charge on any atom is -0.460 e. The topological polar surface area (TPSA) is 188 Å². The first kappa shape index (κ1) is 26.7. The van der Waals surface area contributed by atoms with Crippen LogP contribution in [0.25, 0.3) is 0 Å². The van der Waals surface area contributed by atoms with Crippen molar-refractivity contribution in [2.24, 2.45) is 11.7 Å². The molecule has 5 unspecified atom stereocenters. The third kappa shape index (κ3) is 7.79. The largest absolute Gasteiger partial charge is 0.460 e. The predicted octanol–water partition coefficient (Wildman–Crippen LogP) is -0.171. The lowest BCUT2D eigenvalue weighted by Gasteiger charge is -2.17. The Bertz CT molecular complexity index is 890. The zero-order chi connectivity index (χ0) is 24.1. The Morgan fingerprint density at radius 1 is 1.25 bits per heavy atom. The highest BCUT2D eigenvalue weighted by Crippen LogP contribution is 2.24. The first-order chi connectivity index (χ1) is 14.9. The van der Waals surface area contributed by atoms with Gasteiger partial charge in [-0.15, -0.1) is 0 Å². The minimum atomic E-state index is -4.50. The Morgan fingerprint density at radius 2 is 1.91 bits per heavy atom. The van der Waals surface area contributed by atoms with Gasteiger partial charge in [0.25, 0.3) is 5.91 Å². The van der Waals surface area contributed by atoms with E-state index >= 15 is 0 Å². The van der Waals surface area contributed by atoms with E-state index in [4.69, 9.17) is 23.8 Å². The van der Waals surface area contributed by atoms with Crippen LogP contribution < -0.4 is 10.5 Å². The number of hydrogen-bond acceptors (Lipinski definition) is 11. The summed E-state index contributed by atoms with van der Waals surface area (Å²) in [5.41, 5.74) is 5.63. The molecular weight excluding hydrogens is 516 g/mol. The number of amides is 1. The fourth-order valence-electron chi connectivity index (χ4n) is 2.96. The van der Waals surface area contributed by atoms with Gasteiger partial charge >= 0.3 is 16.3 Å². The summed E-state index contributed by atoms with van der Waals surface area (Å²) in [5, 5.41) is 20.2. The van der Waals surface area contributed by atoms with Crippen molar-refractivity contribution >= 4 is 38.1 Å². The number of carbonyl (C=O) groups is 2. The molecule has 1 saturated heterocycles. The van der Waals surface area contributed by atoms with Crippen LogP contribution in [0.2, 0.25) is 0 Å². The number of halogens is 1. The van der Waals surface area contributed by atoms with Crippen molar-refractivity contribution in [1.29, 1.82) is 0 Å². The molecule has 0 aromatic carbocycles. The molecule has 182 valence electrons. The van der Waals surface area contributed by atoms with Crippen molar-refractivity contribution in [2.45, 2.75) is 57.1 Å². The quantitative estimate of drug-likeness (QED) is 0.271. The van der Waals surface area contributed by atoms with E-state index in [1.807, 2.05) is 13.8 Å². The number of esters is 1. The normalized spacial score (nSPS) is 24.5. The van der Waals surface area contributed by atoms with Gasteiger partial charge in [-0.05, 0) is 40.4 Å². The number of carbonyl (C=O) groups excluding carboxylic acids is 2.